The van der Waals surface area contributed by atoms with Gasteiger partial charge >= 0.3 is 0 Å². The summed E-state index contributed by atoms with van der Waals surface area (Å²) in [5.41, 5.74) is 9.08. The number of rotatable bonds is 5. The highest BCUT2D eigenvalue weighted by molar-refractivity contribution is 5.97. The number of hydrogen-bond acceptors (Lipinski definition) is 3. The van der Waals surface area contributed by atoms with Crippen molar-refractivity contribution in [1.82, 2.24) is 5.32 Å². The zero-order valence-corrected chi connectivity index (χ0v) is 12.3. The summed E-state index contributed by atoms with van der Waals surface area (Å²) in [4.78, 5) is 12.2. The summed E-state index contributed by atoms with van der Waals surface area (Å²) < 4.78 is 5.19. The van der Waals surface area contributed by atoms with E-state index >= 15 is 0 Å². The monoisotopic (exact) mass is 284 g/mol. The average molecular weight is 284 g/mol. The zero-order chi connectivity index (χ0) is 15.2. The molecular formula is C17H20N2O2. The number of amides is 1. The Bertz CT molecular complexity index is 621. The zero-order valence-electron chi connectivity index (χ0n) is 12.3. The lowest BCUT2D eigenvalue weighted by Crippen LogP contribution is -2.23. The van der Waals surface area contributed by atoms with Crippen molar-refractivity contribution in [2.45, 2.75) is 19.9 Å². The van der Waals surface area contributed by atoms with Crippen molar-refractivity contribution in [3.8, 4) is 5.75 Å². The van der Waals surface area contributed by atoms with Gasteiger partial charge in [0.25, 0.3) is 5.91 Å². The van der Waals surface area contributed by atoms with Crippen LogP contribution in [0.4, 0.5) is 5.69 Å². The highest BCUT2D eigenvalue weighted by atomic mass is 16.5. The van der Waals surface area contributed by atoms with E-state index in [0.717, 1.165) is 12.0 Å². The van der Waals surface area contributed by atoms with Gasteiger partial charge in [0.05, 0.1) is 12.7 Å². The number of benzene rings is 2. The van der Waals surface area contributed by atoms with Crippen LogP contribution in [-0.2, 0) is 13.0 Å². The number of ether oxygens (including phenoxy) is 1. The number of methoxy groups -OCH3 is 1. The number of nitrogens with one attached hydrogen (secondary N) is 1. The van der Waals surface area contributed by atoms with Crippen LogP contribution in [0.5, 0.6) is 5.75 Å². The van der Waals surface area contributed by atoms with Gasteiger partial charge in [0.1, 0.15) is 5.75 Å². The second kappa shape index (κ2) is 6.79. The van der Waals surface area contributed by atoms with Gasteiger partial charge < -0.3 is 15.8 Å². The molecule has 0 atom stereocenters. The van der Waals surface area contributed by atoms with Crippen LogP contribution in [0.25, 0.3) is 0 Å². The van der Waals surface area contributed by atoms with Crippen LogP contribution in [0.15, 0.2) is 42.5 Å². The van der Waals surface area contributed by atoms with E-state index in [1.54, 1.807) is 18.2 Å². The molecule has 0 unspecified atom stereocenters. The van der Waals surface area contributed by atoms with Gasteiger partial charge in [-0.25, -0.2) is 0 Å². The van der Waals surface area contributed by atoms with Crippen molar-refractivity contribution < 1.29 is 9.53 Å². The molecule has 0 heterocycles. The van der Waals surface area contributed by atoms with Gasteiger partial charge in [0, 0.05) is 18.3 Å². The maximum Gasteiger partial charge on any atom is 0.255 e. The molecule has 4 heteroatoms. The van der Waals surface area contributed by atoms with E-state index in [9.17, 15) is 4.79 Å². The molecule has 0 aliphatic heterocycles. The van der Waals surface area contributed by atoms with Crippen LogP contribution in [0.3, 0.4) is 0 Å². The first-order chi connectivity index (χ1) is 10.1. The first-order valence-corrected chi connectivity index (χ1v) is 6.93. The summed E-state index contributed by atoms with van der Waals surface area (Å²) in [6.07, 6.45) is 1.01. The molecule has 3 N–H and O–H groups in total. The lowest BCUT2D eigenvalue weighted by atomic mass is 10.1. The fourth-order valence-corrected chi connectivity index (χ4v) is 2.07. The summed E-state index contributed by atoms with van der Waals surface area (Å²) in [7, 11) is 1.52. The van der Waals surface area contributed by atoms with E-state index in [4.69, 9.17) is 10.5 Å². The second-order valence-electron chi connectivity index (χ2n) is 4.81. The van der Waals surface area contributed by atoms with E-state index < -0.39 is 0 Å². The molecule has 110 valence electrons. The fraction of sp³-hybridized carbons (Fsp3) is 0.235. The number of anilines is 1. The topological polar surface area (TPSA) is 64.4 Å². The van der Waals surface area contributed by atoms with Gasteiger partial charge in [-0.05, 0) is 29.7 Å². The summed E-state index contributed by atoms with van der Waals surface area (Å²) >= 11 is 0. The molecule has 0 aliphatic carbocycles. The third-order valence-electron chi connectivity index (χ3n) is 3.35. The van der Waals surface area contributed by atoms with Gasteiger partial charge in [-0.1, -0.05) is 31.2 Å². The number of aryl methyl sites for hydroxylation is 1. The first-order valence-electron chi connectivity index (χ1n) is 6.93. The molecular weight excluding hydrogens is 264 g/mol. The van der Waals surface area contributed by atoms with E-state index in [1.165, 1.54) is 12.7 Å². The maximum absolute atomic E-state index is 12.2. The van der Waals surface area contributed by atoms with Crippen LogP contribution < -0.4 is 15.8 Å². The second-order valence-corrected chi connectivity index (χ2v) is 4.81. The highest BCUT2D eigenvalue weighted by Crippen LogP contribution is 2.21. The first kappa shape index (κ1) is 14.9. The maximum atomic E-state index is 12.2. The quantitative estimate of drug-likeness (QED) is 0.830. The Morgan fingerprint density at radius 2 is 1.81 bits per heavy atom. The van der Waals surface area contributed by atoms with Gasteiger partial charge in [0.2, 0.25) is 0 Å². The summed E-state index contributed by atoms with van der Waals surface area (Å²) in [6.45, 7) is 2.60. The third-order valence-corrected chi connectivity index (χ3v) is 3.35. The summed E-state index contributed by atoms with van der Waals surface area (Å²) in [5, 5.41) is 2.89. The Labute approximate surface area is 124 Å². The molecule has 0 radical (unpaired) electrons. The Morgan fingerprint density at radius 1 is 1.14 bits per heavy atom. The molecule has 0 aromatic heterocycles. The van der Waals surface area contributed by atoms with Crippen LogP contribution in [-0.4, -0.2) is 13.0 Å². The largest absolute Gasteiger partial charge is 0.496 e. The van der Waals surface area contributed by atoms with Crippen molar-refractivity contribution in [2.24, 2.45) is 0 Å². The average Bonchev–Trinajstić information content (AvgIpc) is 2.52. The SMILES string of the molecule is CCc1ccc(CNC(=O)c2ccc(N)cc2OC)cc1. The smallest absolute Gasteiger partial charge is 0.255 e. The van der Waals surface area contributed by atoms with Crippen LogP contribution in [0, 0.1) is 0 Å². The van der Waals surface area contributed by atoms with Crippen LogP contribution in [0.1, 0.15) is 28.4 Å². The molecule has 1 amide bonds. The highest BCUT2D eigenvalue weighted by Gasteiger charge is 2.12. The van der Waals surface area contributed by atoms with Crippen molar-refractivity contribution in [3.05, 3.63) is 59.2 Å². The van der Waals surface area contributed by atoms with E-state index in [0.29, 0.717) is 23.5 Å². The number of nitrogens with two attached hydrogens (primary N) is 1. The minimum absolute atomic E-state index is 0.175. The molecule has 0 fully saturated rings. The predicted octanol–water partition coefficient (Wildman–Crippen LogP) is 2.77. The lowest BCUT2D eigenvalue weighted by molar-refractivity contribution is 0.0948. The summed E-state index contributed by atoms with van der Waals surface area (Å²) in [5.74, 6) is 0.306. The van der Waals surface area contributed by atoms with Crippen molar-refractivity contribution >= 4 is 11.6 Å². The van der Waals surface area contributed by atoms with Crippen molar-refractivity contribution in [2.75, 3.05) is 12.8 Å². The molecule has 0 spiro atoms. The Balaban J connectivity index is 2.04. The van der Waals surface area contributed by atoms with Gasteiger partial charge in [-0.15, -0.1) is 0 Å². The molecule has 2 aromatic carbocycles. The van der Waals surface area contributed by atoms with Crippen LogP contribution in [0.2, 0.25) is 0 Å². The molecule has 4 nitrogen and oxygen atoms in total. The number of hydrogen-bond donors (Lipinski definition) is 2. The molecule has 0 bridgehead atoms. The van der Waals surface area contributed by atoms with E-state index in [2.05, 4.69) is 24.4 Å². The Hall–Kier alpha value is -2.49. The number of carbonyl (C=O) groups excluding carboxylic acids is 1. The van der Waals surface area contributed by atoms with E-state index in [-0.39, 0.29) is 5.91 Å². The van der Waals surface area contributed by atoms with Crippen molar-refractivity contribution in [3.63, 3.8) is 0 Å². The minimum Gasteiger partial charge on any atom is -0.496 e. The van der Waals surface area contributed by atoms with Crippen LogP contribution >= 0.6 is 0 Å². The predicted molar refractivity (Wildman–Crippen MR) is 84.4 cm³/mol. The fourth-order valence-electron chi connectivity index (χ4n) is 2.07. The van der Waals surface area contributed by atoms with Gasteiger partial charge in [-0.2, -0.15) is 0 Å². The Morgan fingerprint density at radius 3 is 2.43 bits per heavy atom. The lowest BCUT2D eigenvalue weighted by Gasteiger charge is -2.10. The minimum atomic E-state index is -0.175. The summed E-state index contributed by atoms with van der Waals surface area (Å²) in [6, 6.07) is 13.2. The molecule has 0 aliphatic rings. The van der Waals surface area contributed by atoms with Gasteiger partial charge in [0.15, 0.2) is 0 Å². The molecule has 2 aromatic rings. The number of carbonyl (C=O) groups is 1. The molecule has 21 heavy (non-hydrogen) atoms. The normalized spacial score (nSPS) is 10.2. The number of nitrogen functional groups attached to an aromatic ring is 1. The molecule has 0 saturated carbocycles. The third kappa shape index (κ3) is 3.75. The molecule has 0 saturated heterocycles. The standard InChI is InChI=1S/C17H20N2O2/c1-3-12-4-6-13(7-5-12)11-19-17(20)15-9-8-14(18)10-16(15)21-2/h4-10H,3,11,18H2,1-2H3,(H,19,20). The van der Waals surface area contributed by atoms with Crippen molar-refractivity contribution in [1.29, 1.82) is 0 Å². The van der Waals surface area contributed by atoms with E-state index in [1.807, 2.05) is 12.1 Å². The van der Waals surface area contributed by atoms with Gasteiger partial charge in [-0.3, -0.25) is 4.79 Å². The Kier molecular flexibility index (Phi) is 4.82. The molecule has 2 rings (SSSR count).